The fourth-order valence-corrected chi connectivity index (χ4v) is 4.51. The molecule has 0 fully saturated rings. The standard InChI is InChI=1S/C32H25N5O3/c1-20(2)40-26-10-6-21(7-11-26)27-12-9-24(19-35-27)29-18-31(22-8-13-28-30(17-22)34-15-14-33-28)37(36-29)25-5-3-4-23(16-25)32(38)39/h3-20H,1-2H3,(H,38,39). The molecule has 0 spiro atoms. The Bertz CT molecular complexity index is 1830. The number of rotatable bonds is 7. The minimum atomic E-state index is -1.000. The van der Waals surface area contributed by atoms with Crippen molar-refractivity contribution in [1.82, 2.24) is 24.7 Å². The minimum absolute atomic E-state index is 0.113. The lowest BCUT2D eigenvalue weighted by molar-refractivity contribution is 0.0697. The molecule has 8 heteroatoms. The summed E-state index contributed by atoms with van der Waals surface area (Å²) in [5.74, 6) is -0.180. The third-order valence-corrected chi connectivity index (χ3v) is 6.39. The van der Waals surface area contributed by atoms with Gasteiger partial charge in [-0.15, -0.1) is 0 Å². The zero-order chi connectivity index (χ0) is 27.6. The Kier molecular flexibility index (Phi) is 6.49. The van der Waals surface area contributed by atoms with E-state index in [1.54, 1.807) is 41.5 Å². The lowest BCUT2D eigenvalue weighted by Gasteiger charge is -2.10. The van der Waals surface area contributed by atoms with Crippen LogP contribution in [-0.2, 0) is 0 Å². The summed E-state index contributed by atoms with van der Waals surface area (Å²) in [6.07, 6.45) is 5.22. The second kappa shape index (κ2) is 10.4. The van der Waals surface area contributed by atoms with Crippen LogP contribution in [0.15, 0.2) is 104 Å². The van der Waals surface area contributed by atoms with Crippen LogP contribution in [0, 0.1) is 0 Å². The van der Waals surface area contributed by atoms with E-state index in [2.05, 4.69) is 9.97 Å². The molecule has 0 atom stereocenters. The average Bonchev–Trinajstić information content (AvgIpc) is 3.43. The van der Waals surface area contributed by atoms with Gasteiger partial charge in [-0.2, -0.15) is 5.10 Å². The normalized spacial score (nSPS) is 11.2. The van der Waals surface area contributed by atoms with Crippen LogP contribution in [-0.4, -0.2) is 41.9 Å². The van der Waals surface area contributed by atoms with Crippen LogP contribution in [0.1, 0.15) is 24.2 Å². The predicted molar refractivity (Wildman–Crippen MR) is 153 cm³/mol. The SMILES string of the molecule is CC(C)Oc1ccc(-c2ccc(-c3cc(-c4ccc5nccnc5c4)n(-c4cccc(C(=O)O)c4)n3)cn2)cc1. The minimum Gasteiger partial charge on any atom is -0.491 e. The van der Waals surface area contributed by atoms with Crippen LogP contribution >= 0.6 is 0 Å². The second-order valence-corrected chi connectivity index (χ2v) is 9.57. The summed E-state index contributed by atoms with van der Waals surface area (Å²) in [7, 11) is 0. The zero-order valence-electron chi connectivity index (χ0n) is 21.9. The summed E-state index contributed by atoms with van der Waals surface area (Å²) < 4.78 is 7.49. The van der Waals surface area contributed by atoms with E-state index < -0.39 is 5.97 Å². The number of carboxylic acids is 1. The largest absolute Gasteiger partial charge is 0.491 e. The summed E-state index contributed by atoms with van der Waals surface area (Å²) in [5.41, 5.74) is 7.37. The van der Waals surface area contributed by atoms with Crippen molar-refractivity contribution in [1.29, 1.82) is 0 Å². The monoisotopic (exact) mass is 527 g/mol. The third kappa shape index (κ3) is 5.02. The second-order valence-electron chi connectivity index (χ2n) is 9.57. The van der Waals surface area contributed by atoms with Crippen LogP contribution in [0.5, 0.6) is 5.75 Å². The molecule has 40 heavy (non-hydrogen) atoms. The Balaban J connectivity index is 1.40. The molecule has 3 aromatic heterocycles. The molecule has 3 aromatic carbocycles. The lowest BCUT2D eigenvalue weighted by atomic mass is 10.1. The molecule has 3 heterocycles. The van der Waals surface area contributed by atoms with E-state index in [4.69, 9.17) is 14.8 Å². The molecule has 0 aliphatic carbocycles. The van der Waals surface area contributed by atoms with E-state index in [1.165, 1.54) is 0 Å². The van der Waals surface area contributed by atoms with E-state index in [9.17, 15) is 9.90 Å². The van der Waals surface area contributed by atoms with Gasteiger partial charge in [0.1, 0.15) is 5.75 Å². The number of hydrogen-bond donors (Lipinski definition) is 1. The Morgan fingerprint density at radius 2 is 1.52 bits per heavy atom. The number of ether oxygens (including phenoxy) is 1. The quantitative estimate of drug-likeness (QED) is 0.246. The van der Waals surface area contributed by atoms with Gasteiger partial charge in [0.25, 0.3) is 0 Å². The van der Waals surface area contributed by atoms with Crippen molar-refractivity contribution >= 4 is 17.0 Å². The highest BCUT2D eigenvalue weighted by Crippen LogP contribution is 2.31. The van der Waals surface area contributed by atoms with Gasteiger partial charge < -0.3 is 9.84 Å². The first kappa shape index (κ1) is 24.9. The number of carboxylic acid groups (broad SMARTS) is 1. The van der Waals surface area contributed by atoms with Crippen LogP contribution in [0.4, 0.5) is 0 Å². The summed E-state index contributed by atoms with van der Waals surface area (Å²) in [6.45, 7) is 4.00. The van der Waals surface area contributed by atoms with Crippen molar-refractivity contribution in [2.75, 3.05) is 0 Å². The number of pyridine rings is 1. The van der Waals surface area contributed by atoms with Gasteiger partial charge in [-0.3, -0.25) is 15.0 Å². The summed E-state index contributed by atoms with van der Waals surface area (Å²) in [4.78, 5) is 25.2. The number of carbonyl (C=O) groups is 1. The molecular weight excluding hydrogens is 502 g/mol. The number of hydrogen-bond acceptors (Lipinski definition) is 6. The number of fused-ring (bicyclic) bond motifs is 1. The molecule has 0 unspecified atom stereocenters. The Morgan fingerprint density at radius 1 is 0.775 bits per heavy atom. The van der Waals surface area contributed by atoms with Gasteiger partial charge in [-0.25, -0.2) is 9.48 Å². The first-order chi connectivity index (χ1) is 19.4. The molecule has 0 saturated heterocycles. The van der Waals surface area contributed by atoms with Crippen LogP contribution in [0.25, 0.3) is 50.5 Å². The van der Waals surface area contributed by atoms with Crippen molar-refractivity contribution in [3.05, 3.63) is 109 Å². The van der Waals surface area contributed by atoms with Crippen LogP contribution in [0.2, 0.25) is 0 Å². The maximum absolute atomic E-state index is 11.7. The fourth-order valence-electron chi connectivity index (χ4n) is 4.51. The smallest absolute Gasteiger partial charge is 0.335 e. The Hall–Kier alpha value is -5.37. The first-order valence-electron chi connectivity index (χ1n) is 12.8. The fraction of sp³-hybridized carbons (Fsp3) is 0.0938. The molecule has 0 saturated carbocycles. The first-order valence-corrected chi connectivity index (χ1v) is 12.8. The Labute approximate surface area is 230 Å². The molecular formula is C32H25N5O3. The number of aromatic nitrogens is 5. The maximum atomic E-state index is 11.7. The van der Waals surface area contributed by atoms with Crippen molar-refractivity contribution < 1.29 is 14.6 Å². The number of aromatic carboxylic acids is 1. The van der Waals surface area contributed by atoms with Gasteiger partial charge in [-0.05, 0) is 86.6 Å². The topological polar surface area (TPSA) is 103 Å². The molecule has 0 radical (unpaired) electrons. The molecule has 0 amide bonds. The maximum Gasteiger partial charge on any atom is 0.335 e. The third-order valence-electron chi connectivity index (χ3n) is 6.39. The summed E-state index contributed by atoms with van der Waals surface area (Å²) in [6, 6.07) is 26.3. The van der Waals surface area contributed by atoms with E-state index in [1.807, 2.05) is 80.6 Å². The number of benzene rings is 3. The van der Waals surface area contributed by atoms with E-state index in [0.29, 0.717) is 11.4 Å². The van der Waals surface area contributed by atoms with Crippen molar-refractivity contribution in [2.24, 2.45) is 0 Å². The average molecular weight is 528 g/mol. The summed E-state index contributed by atoms with van der Waals surface area (Å²) in [5, 5.41) is 14.4. The van der Waals surface area contributed by atoms with Crippen LogP contribution < -0.4 is 4.74 Å². The molecule has 8 nitrogen and oxygen atoms in total. The molecule has 196 valence electrons. The molecule has 0 bridgehead atoms. The molecule has 6 rings (SSSR count). The van der Waals surface area contributed by atoms with Gasteiger partial charge in [-0.1, -0.05) is 12.1 Å². The van der Waals surface area contributed by atoms with Crippen molar-refractivity contribution in [3.63, 3.8) is 0 Å². The van der Waals surface area contributed by atoms with Crippen molar-refractivity contribution in [3.8, 4) is 45.2 Å². The molecule has 0 aliphatic heterocycles. The molecule has 1 N–H and O–H groups in total. The van der Waals surface area contributed by atoms with Crippen LogP contribution in [0.3, 0.4) is 0 Å². The van der Waals surface area contributed by atoms with Gasteiger partial charge >= 0.3 is 5.97 Å². The predicted octanol–water partition coefficient (Wildman–Crippen LogP) is 6.70. The van der Waals surface area contributed by atoms with E-state index in [-0.39, 0.29) is 11.7 Å². The highest BCUT2D eigenvalue weighted by atomic mass is 16.5. The zero-order valence-corrected chi connectivity index (χ0v) is 21.9. The molecule has 0 aliphatic rings. The van der Waals surface area contributed by atoms with Gasteiger partial charge in [0, 0.05) is 35.3 Å². The Morgan fingerprint density at radius 3 is 2.25 bits per heavy atom. The highest BCUT2D eigenvalue weighted by molar-refractivity contribution is 5.88. The van der Waals surface area contributed by atoms with E-state index >= 15 is 0 Å². The lowest BCUT2D eigenvalue weighted by Crippen LogP contribution is -2.05. The van der Waals surface area contributed by atoms with Gasteiger partial charge in [0.15, 0.2) is 0 Å². The van der Waals surface area contributed by atoms with Gasteiger partial charge in [0.05, 0.1) is 45.5 Å². The van der Waals surface area contributed by atoms with E-state index in [0.717, 1.165) is 44.9 Å². The highest BCUT2D eigenvalue weighted by Gasteiger charge is 2.16. The van der Waals surface area contributed by atoms with Crippen molar-refractivity contribution in [2.45, 2.75) is 20.0 Å². The number of nitrogens with zero attached hydrogens (tertiary/aromatic N) is 5. The summed E-state index contributed by atoms with van der Waals surface area (Å²) >= 11 is 0. The molecule has 6 aromatic rings. The van der Waals surface area contributed by atoms with Gasteiger partial charge in [0.2, 0.25) is 0 Å².